The highest BCUT2D eigenvalue weighted by Gasteiger charge is 2.42. The third-order valence-corrected chi connectivity index (χ3v) is 4.76. The molecule has 2 bridgehead atoms. The molecule has 5 nitrogen and oxygen atoms in total. The van der Waals surface area contributed by atoms with E-state index in [9.17, 15) is 9.59 Å². The quantitative estimate of drug-likeness (QED) is 0.701. The first-order valence-corrected chi connectivity index (χ1v) is 7.20. The van der Waals surface area contributed by atoms with Crippen LogP contribution >= 0.6 is 11.8 Å². The van der Waals surface area contributed by atoms with Crippen molar-refractivity contribution in [3.8, 4) is 0 Å². The lowest BCUT2D eigenvalue weighted by Gasteiger charge is -2.30. The molecule has 3 fully saturated rings. The van der Waals surface area contributed by atoms with Crippen LogP contribution in [-0.4, -0.2) is 53.0 Å². The summed E-state index contributed by atoms with van der Waals surface area (Å²) in [6.07, 6.45) is 3.25. The van der Waals surface area contributed by atoms with Crippen molar-refractivity contribution in [2.45, 2.75) is 37.4 Å². The maximum Gasteiger partial charge on any atom is 0.279 e. The van der Waals surface area contributed by atoms with E-state index in [2.05, 4.69) is 10.6 Å². The molecule has 3 saturated heterocycles. The molecule has 6 heteroatoms. The average Bonchev–Trinajstić information content (AvgIpc) is 2.81. The Balaban J connectivity index is 1.74. The first-order chi connectivity index (χ1) is 8.25. The first kappa shape index (κ1) is 11.3. The summed E-state index contributed by atoms with van der Waals surface area (Å²) >= 11 is 1.21. The van der Waals surface area contributed by atoms with Gasteiger partial charge in [0.2, 0.25) is 5.91 Å². The van der Waals surface area contributed by atoms with Crippen molar-refractivity contribution in [1.82, 2.24) is 15.5 Å². The molecule has 94 valence electrons. The Morgan fingerprint density at radius 1 is 1.29 bits per heavy atom. The summed E-state index contributed by atoms with van der Waals surface area (Å²) in [6.45, 7) is 1.90. The van der Waals surface area contributed by atoms with Gasteiger partial charge in [0, 0.05) is 24.4 Å². The Bertz CT molecular complexity index is 336. The van der Waals surface area contributed by atoms with Gasteiger partial charge >= 0.3 is 0 Å². The summed E-state index contributed by atoms with van der Waals surface area (Å²) < 4.78 is 0. The molecule has 3 aliphatic heterocycles. The van der Waals surface area contributed by atoms with E-state index in [1.54, 1.807) is 0 Å². The summed E-state index contributed by atoms with van der Waals surface area (Å²) in [6, 6.07) is 0.413. The lowest BCUT2D eigenvalue weighted by Crippen LogP contribution is -2.51. The van der Waals surface area contributed by atoms with Crippen molar-refractivity contribution >= 4 is 22.9 Å². The number of nitrogens with zero attached hydrogens (tertiary/aromatic N) is 1. The molecule has 0 saturated carbocycles. The van der Waals surface area contributed by atoms with Crippen LogP contribution < -0.4 is 10.6 Å². The molecule has 2 amide bonds. The van der Waals surface area contributed by atoms with Gasteiger partial charge in [0.25, 0.3) is 5.24 Å². The topological polar surface area (TPSA) is 61.4 Å². The van der Waals surface area contributed by atoms with Gasteiger partial charge in [-0.2, -0.15) is 0 Å². The fourth-order valence-electron chi connectivity index (χ4n) is 3.04. The SMILES string of the molecule is O=C1N[C@H](C(=O)N2C3CCNCC2CC3)CS1. The van der Waals surface area contributed by atoms with Gasteiger partial charge in [-0.3, -0.25) is 9.59 Å². The molecule has 17 heavy (non-hydrogen) atoms. The predicted octanol–water partition coefficient (Wildman–Crippen LogP) is 0.164. The van der Waals surface area contributed by atoms with E-state index < -0.39 is 0 Å². The van der Waals surface area contributed by atoms with Crippen molar-refractivity contribution < 1.29 is 9.59 Å². The number of amides is 2. The molecular weight excluding hydrogens is 238 g/mol. The monoisotopic (exact) mass is 255 g/mol. The summed E-state index contributed by atoms with van der Waals surface area (Å²) in [5.74, 6) is 0.709. The summed E-state index contributed by atoms with van der Waals surface area (Å²) in [7, 11) is 0. The molecular formula is C11H17N3O2S. The minimum atomic E-state index is -0.298. The van der Waals surface area contributed by atoms with Crippen LogP contribution in [0, 0.1) is 0 Å². The van der Waals surface area contributed by atoms with Crippen LogP contribution in [0.3, 0.4) is 0 Å². The van der Waals surface area contributed by atoms with Crippen LogP contribution in [0.1, 0.15) is 19.3 Å². The third-order valence-electron chi connectivity index (χ3n) is 3.88. The van der Waals surface area contributed by atoms with E-state index in [4.69, 9.17) is 0 Å². The number of rotatable bonds is 1. The average molecular weight is 255 g/mol. The highest BCUT2D eigenvalue weighted by atomic mass is 32.2. The van der Waals surface area contributed by atoms with Crippen LogP contribution in [0.2, 0.25) is 0 Å². The van der Waals surface area contributed by atoms with Crippen molar-refractivity contribution in [1.29, 1.82) is 0 Å². The maximum atomic E-state index is 12.4. The van der Waals surface area contributed by atoms with E-state index in [0.29, 0.717) is 17.8 Å². The molecule has 0 spiro atoms. The van der Waals surface area contributed by atoms with Gasteiger partial charge in [-0.05, 0) is 25.8 Å². The molecule has 3 rings (SSSR count). The smallest absolute Gasteiger partial charge is 0.279 e. The molecule has 0 aromatic heterocycles. The van der Waals surface area contributed by atoms with Crippen molar-refractivity contribution in [3.05, 3.63) is 0 Å². The lowest BCUT2D eigenvalue weighted by atomic mass is 10.1. The molecule has 0 aromatic carbocycles. The fraction of sp³-hybridized carbons (Fsp3) is 0.818. The Morgan fingerprint density at radius 2 is 2.12 bits per heavy atom. The molecule has 0 aliphatic carbocycles. The third kappa shape index (κ3) is 2.04. The predicted molar refractivity (Wildman–Crippen MR) is 65.9 cm³/mol. The summed E-state index contributed by atoms with van der Waals surface area (Å²) in [5.41, 5.74) is 0. The number of hydrogen-bond donors (Lipinski definition) is 2. The second-order valence-electron chi connectivity index (χ2n) is 4.92. The van der Waals surface area contributed by atoms with Crippen molar-refractivity contribution in [2.75, 3.05) is 18.8 Å². The van der Waals surface area contributed by atoms with Gasteiger partial charge in [-0.1, -0.05) is 11.8 Å². The zero-order valence-corrected chi connectivity index (χ0v) is 10.5. The molecule has 2 unspecified atom stereocenters. The molecule has 3 atom stereocenters. The van der Waals surface area contributed by atoms with E-state index in [-0.39, 0.29) is 17.2 Å². The molecule has 0 radical (unpaired) electrons. The van der Waals surface area contributed by atoms with Gasteiger partial charge in [-0.25, -0.2) is 0 Å². The highest BCUT2D eigenvalue weighted by Crippen LogP contribution is 2.29. The molecule has 3 aliphatic rings. The molecule has 0 aromatic rings. The molecule has 2 N–H and O–H groups in total. The first-order valence-electron chi connectivity index (χ1n) is 6.22. The van der Waals surface area contributed by atoms with Gasteiger partial charge in [0.05, 0.1) is 0 Å². The number of carbonyl (C=O) groups is 2. The Labute approximate surface area is 105 Å². The summed E-state index contributed by atoms with van der Waals surface area (Å²) in [4.78, 5) is 25.6. The summed E-state index contributed by atoms with van der Waals surface area (Å²) in [5, 5.41) is 6.06. The second-order valence-corrected chi connectivity index (χ2v) is 5.91. The maximum absolute atomic E-state index is 12.4. The van der Waals surface area contributed by atoms with E-state index >= 15 is 0 Å². The largest absolute Gasteiger partial charge is 0.334 e. The van der Waals surface area contributed by atoms with Gasteiger partial charge in [0.15, 0.2) is 0 Å². The van der Waals surface area contributed by atoms with Gasteiger partial charge < -0.3 is 15.5 Å². The standard InChI is InChI=1S/C11H17N3O2S/c15-10(9-6-17-11(16)13-9)14-7-1-2-8(14)5-12-4-3-7/h7-9,12H,1-6H2,(H,13,16)/t7?,8?,9-/m0/s1. The van der Waals surface area contributed by atoms with Crippen LogP contribution in [0.5, 0.6) is 0 Å². The van der Waals surface area contributed by atoms with Gasteiger partial charge in [-0.15, -0.1) is 0 Å². The Hall–Kier alpha value is -0.750. The number of nitrogens with one attached hydrogen (secondary N) is 2. The van der Waals surface area contributed by atoms with Crippen molar-refractivity contribution in [3.63, 3.8) is 0 Å². The number of hydrogen-bond acceptors (Lipinski definition) is 4. The Morgan fingerprint density at radius 3 is 2.88 bits per heavy atom. The van der Waals surface area contributed by atoms with Crippen LogP contribution in [0.4, 0.5) is 4.79 Å². The second kappa shape index (κ2) is 4.49. The van der Waals surface area contributed by atoms with Crippen LogP contribution in [0.15, 0.2) is 0 Å². The highest BCUT2D eigenvalue weighted by molar-refractivity contribution is 8.14. The number of fused-ring (bicyclic) bond motifs is 2. The molecule has 3 heterocycles. The minimum absolute atomic E-state index is 0.0661. The van der Waals surface area contributed by atoms with E-state index in [1.807, 2.05) is 4.90 Å². The fourth-order valence-corrected chi connectivity index (χ4v) is 3.81. The number of thioether (sulfide) groups is 1. The van der Waals surface area contributed by atoms with E-state index in [1.165, 1.54) is 11.8 Å². The van der Waals surface area contributed by atoms with Crippen LogP contribution in [0.25, 0.3) is 0 Å². The van der Waals surface area contributed by atoms with Crippen LogP contribution in [-0.2, 0) is 4.79 Å². The van der Waals surface area contributed by atoms with E-state index in [0.717, 1.165) is 32.4 Å². The van der Waals surface area contributed by atoms with Gasteiger partial charge in [0.1, 0.15) is 6.04 Å². The minimum Gasteiger partial charge on any atom is -0.334 e. The normalized spacial score (nSPS) is 36.8. The number of carbonyl (C=O) groups excluding carboxylic acids is 2. The lowest BCUT2D eigenvalue weighted by molar-refractivity contribution is -0.135. The zero-order valence-electron chi connectivity index (χ0n) is 9.65. The Kier molecular flexibility index (Phi) is 3.00. The van der Waals surface area contributed by atoms with Crippen molar-refractivity contribution in [2.24, 2.45) is 0 Å². The zero-order chi connectivity index (χ0) is 11.8.